The number of ether oxygens (including phenoxy) is 1. The summed E-state index contributed by atoms with van der Waals surface area (Å²) < 4.78 is 7.42. The van der Waals surface area contributed by atoms with Gasteiger partial charge in [-0.25, -0.2) is 4.98 Å². The Labute approximate surface area is 185 Å². The highest BCUT2D eigenvalue weighted by molar-refractivity contribution is 9.10. The Hall–Kier alpha value is -2.97. The number of amides is 1. The Kier molecular flexibility index (Phi) is 5.69. The Morgan fingerprint density at radius 2 is 1.87 bits per heavy atom. The summed E-state index contributed by atoms with van der Waals surface area (Å²) in [5, 5.41) is 3.33. The minimum atomic E-state index is -0.305. The van der Waals surface area contributed by atoms with Crippen LogP contribution in [0.5, 0.6) is 5.75 Å². The predicted molar refractivity (Wildman–Crippen MR) is 123 cm³/mol. The van der Waals surface area contributed by atoms with Crippen molar-refractivity contribution < 1.29 is 9.53 Å². The number of anilines is 1. The van der Waals surface area contributed by atoms with Crippen molar-refractivity contribution in [2.45, 2.75) is 13.5 Å². The van der Waals surface area contributed by atoms with Gasteiger partial charge in [-0.2, -0.15) is 0 Å². The van der Waals surface area contributed by atoms with Crippen molar-refractivity contribution in [1.29, 1.82) is 0 Å². The zero-order chi connectivity index (χ0) is 21.3. The molecule has 0 bridgehead atoms. The summed E-state index contributed by atoms with van der Waals surface area (Å²) in [4.78, 5) is 31.8. The van der Waals surface area contributed by atoms with Crippen LogP contribution in [0.1, 0.15) is 4.88 Å². The maximum Gasteiger partial charge on any atom is 0.263 e. The number of methoxy groups -OCH3 is 1. The molecule has 2 aromatic heterocycles. The zero-order valence-electron chi connectivity index (χ0n) is 16.3. The van der Waals surface area contributed by atoms with Crippen LogP contribution in [0.4, 0.5) is 5.69 Å². The van der Waals surface area contributed by atoms with Crippen molar-refractivity contribution in [2.75, 3.05) is 12.4 Å². The number of halogens is 1. The summed E-state index contributed by atoms with van der Waals surface area (Å²) >= 11 is 4.92. The monoisotopic (exact) mass is 483 g/mol. The van der Waals surface area contributed by atoms with Gasteiger partial charge in [-0.15, -0.1) is 11.3 Å². The summed E-state index contributed by atoms with van der Waals surface area (Å²) in [7, 11) is 1.58. The molecule has 8 heteroatoms. The molecular formula is C22H18BrN3O3S. The van der Waals surface area contributed by atoms with E-state index in [4.69, 9.17) is 4.74 Å². The van der Waals surface area contributed by atoms with Crippen LogP contribution in [-0.4, -0.2) is 22.6 Å². The molecule has 0 saturated heterocycles. The number of hydrogen-bond donors (Lipinski definition) is 1. The Bertz CT molecular complexity index is 1280. The largest absolute Gasteiger partial charge is 0.497 e. The van der Waals surface area contributed by atoms with Crippen molar-refractivity contribution in [1.82, 2.24) is 9.55 Å². The molecule has 30 heavy (non-hydrogen) atoms. The minimum Gasteiger partial charge on any atom is -0.497 e. The molecule has 0 aliphatic heterocycles. The second-order valence-electron chi connectivity index (χ2n) is 6.67. The number of aromatic nitrogens is 2. The number of rotatable bonds is 5. The first-order valence-electron chi connectivity index (χ1n) is 9.14. The Morgan fingerprint density at radius 3 is 2.53 bits per heavy atom. The van der Waals surface area contributed by atoms with E-state index < -0.39 is 0 Å². The van der Waals surface area contributed by atoms with Gasteiger partial charge in [0.2, 0.25) is 5.91 Å². The number of hydrogen-bond acceptors (Lipinski definition) is 5. The Balaban J connectivity index is 1.65. The number of nitrogens with zero attached hydrogens (tertiary/aromatic N) is 2. The van der Waals surface area contributed by atoms with Crippen LogP contribution in [0.15, 0.2) is 64.1 Å². The third kappa shape index (κ3) is 4.01. The van der Waals surface area contributed by atoms with Gasteiger partial charge in [0.15, 0.2) is 0 Å². The number of carbonyl (C=O) groups excluding carboxylic acids is 1. The summed E-state index contributed by atoms with van der Waals surface area (Å²) in [5.74, 6) is 0.396. The topological polar surface area (TPSA) is 73.2 Å². The molecule has 0 spiro atoms. The van der Waals surface area contributed by atoms with Gasteiger partial charge in [0.25, 0.3) is 5.56 Å². The molecule has 6 nitrogen and oxygen atoms in total. The van der Waals surface area contributed by atoms with Crippen LogP contribution < -0.4 is 15.6 Å². The van der Waals surface area contributed by atoms with E-state index >= 15 is 0 Å². The van der Waals surface area contributed by atoms with E-state index in [1.54, 1.807) is 31.4 Å². The molecule has 2 aromatic carbocycles. The van der Waals surface area contributed by atoms with Gasteiger partial charge in [-0.1, -0.05) is 28.1 Å². The maximum atomic E-state index is 13.2. The SMILES string of the molecule is COc1ccc(NC(=O)Cn2cnc3sc(C)c(-c4ccc(Br)cc4)c3c2=O)cc1. The van der Waals surface area contributed by atoms with Crippen LogP contribution in [0.2, 0.25) is 0 Å². The second kappa shape index (κ2) is 8.41. The van der Waals surface area contributed by atoms with Crippen LogP contribution in [0.3, 0.4) is 0 Å². The number of aryl methyl sites for hydroxylation is 1. The van der Waals surface area contributed by atoms with Gasteiger partial charge in [0.05, 0.1) is 18.8 Å². The van der Waals surface area contributed by atoms with Gasteiger partial charge < -0.3 is 10.1 Å². The molecule has 0 aliphatic rings. The average molecular weight is 484 g/mol. The third-order valence-corrected chi connectivity index (χ3v) is 6.22. The lowest BCUT2D eigenvalue weighted by molar-refractivity contribution is -0.116. The fourth-order valence-electron chi connectivity index (χ4n) is 3.24. The molecule has 0 atom stereocenters. The molecule has 4 rings (SSSR count). The molecule has 4 aromatic rings. The van der Waals surface area contributed by atoms with Crippen LogP contribution >= 0.6 is 27.3 Å². The molecule has 0 fully saturated rings. The van der Waals surface area contributed by atoms with E-state index in [0.29, 0.717) is 21.7 Å². The van der Waals surface area contributed by atoms with Crippen LogP contribution in [-0.2, 0) is 11.3 Å². The number of fused-ring (bicyclic) bond motifs is 1. The second-order valence-corrected chi connectivity index (χ2v) is 8.79. The van der Waals surface area contributed by atoms with Crippen LogP contribution in [0.25, 0.3) is 21.3 Å². The first-order valence-corrected chi connectivity index (χ1v) is 10.8. The molecule has 1 N–H and O–H groups in total. The first-order chi connectivity index (χ1) is 14.5. The highest BCUT2D eigenvalue weighted by atomic mass is 79.9. The van der Waals surface area contributed by atoms with E-state index in [9.17, 15) is 9.59 Å². The normalized spacial score (nSPS) is 10.9. The summed E-state index contributed by atoms with van der Waals surface area (Å²) in [6.45, 7) is 1.85. The average Bonchev–Trinajstić information content (AvgIpc) is 3.08. The highest BCUT2D eigenvalue weighted by Gasteiger charge is 2.18. The number of benzene rings is 2. The van der Waals surface area contributed by atoms with E-state index in [1.165, 1.54) is 22.2 Å². The fraction of sp³-hybridized carbons (Fsp3) is 0.136. The molecule has 1 amide bonds. The fourth-order valence-corrected chi connectivity index (χ4v) is 4.51. The lowest BCUT2D eigenvalue weighted by Gasteiger charge is -2.08. The third-order valence-electron chi connectivity index (χ3n) is 4.68. The minimum absolute atomic E-state index is 0.123. The quantitative estimate of drug-likeness (QED) is 0.440. The predicted octanol–water partition coefficient (Wildman–Crippen LogP) is 4.84. The van der Waals surface area contributed by atoms with Gasteiger partial charge in [-0.3, -0.25) is 14.2 Å². The molecule has 152 valence electrons. The van der Waals surface area contributed by atoms with Crippen molar-refractivity contribution in [3.05, 3.63) is 74.6 Å². The molecule has 0 unspecified atom stereocenters. The first kappa shape index (κ1) is 20.3. The van der Waals surface area contributed by atoms with Gasteiger partial charge >= 0.3 is 0 Å². The van der Waals surface area contributed by atoms with Gasteiger partial charge in [-0.05, 0) is 48.9 Å². The van der Waals surface area contributed by atoms with Crippen molar-refractivity contribution in [2.24, 2.45) is 0 Å². The molecule has 0 radical (unpaired) electrons. The number of carbonyl (C=O) groups is 1. The van der Waals surface area contributed by atoms with E-state index in [1.807, 2.05) is 31.2 Å². The molecule has 0 aliphatic carbocycles. The van der Waals surface area contributed by atoms with E-state index in [2.05, 4.69) is 26.2 Å². The summed E-state index contributed by atoms with van der Waals surface area (Å²) in [6, 6.07) is 14.8. The van der Waals surface area contributed by atoms with Crippen molar-refractivity contribution in [3.8, 4) is 16.9 Å². The van der Waals surface area contributed by atoms with Gasteiger partial charge in [0, 0.05) is 20.6 Å². The molecule has 2 heterocycles. The lowest BCUT2D eigenvalue weighted by atomic mass is 10.0. The van der Waals surface area contributed by atoms with E-state index in [0.717, 1.165) is 20.5 Å². The van der Waals surface area contributed by atoms with Crippen molar-refractivity contribution in [3.63, 3.8) is 0 Å². The van der Waals surface area contributed by atoms with Crippen molar-refractivity contribution >= 4 is 49.1 Å². The molecular weight excluding hydrogens is 466 g/mol. The highest BCUT2D eigenvalue weighted by Crippen LogP contribution is 2.35. The lowest BCUT2D eigenvalue weighted by Crippen LogP contribution is -2.27. The zero-order valence-corrected chi connectivity index (χ0v) is 18.7. The summed E-state index contributed by atoms with van der Waals surface area (Å²) in [5.41, 5.74) is 2.21. The van der Waals surface area contributed by atoms with E-state index in [-0.39, 0.29) is 18.0 Å². The van der Waals surface area contributed by atoms with Gasteiger partial charge in [0.1, 0.15) is 17.1 Å². The number of nitrogens with one attached hydrogen (secondary N) is 1. The Morgan fingerprint density at radius 1 is 1.17 bits per heavy atom. The summed E-state index contributed by atoms with van der Waals surface area (Å²) in [6.07, 6.45) is 1.43. The maximum absolute atomic E-state index is 13.2. The molecule has 0 saturated carbocycles. The standard InChI is InChI=1S/C22H18BrN3O3S/c1-13-19(14-3-5-15(23)6-4-14)20-21(30-13)24-12-26(22(20)28)11-18(27)25-16-7-9-17(29-2)10-8-16/h3-10,12H,11H2,1-2H3,(H,25,27). The van der Waals surface area contributed by atoms with Crippen LogP contribution in [0, 0.1) is 6.92 Å². The smallest absolute Gasteiger partial charge is 0.263 e. The number of thiophene rings is 1.